The third-order valence-corrected chi connectivity index (χ3v) is 3.35. The van der Waals surface area contributed by atoms with Crippen molar-refractivity contribution in [3.8, 4) is 5.75 Å². The van der Waals surface area contributed by atoms with Crippen molar-refractivity contribution < 1.29 is 9.53 Å². The molecule has 5 heteroatoms. The minimum Gasteiger partial charge on any atom is -0.496 e. The number of carbonyl (C=O) groups excluding carboxylic acids is 1. The van der Waals surface area contributed by atoms with Gasteiger partial charge in [0.15, 0.2) is 0 Å². The van der Waals surface area contributed by atoms with Gasteiger partial charge in [0.25, 0.3) is 5.91 Å². The average Bonchev–Trinajstić information content (AvgIpc) is 2.38. The maximum absolute atomic E-state index is 12.1. The highest BCUT2D eigenvalue weighted by Gasteiger charge is 2.09. The smallest absolute Gasteiger partial charge is 0.255 e. The Bertz CT molecular complexity index is 616. The van der Waals surface area contributed by atoms with Gasteiger partial charge in [-0.1, -0.05) is 17.7 Å². The summed E-state index contributed by atoms with van der Waals surface area (Å²) in [4.78, 5) is 12.1. The minimum atomic E-state index is -0.203. The largest absolute Gasteiger partial charge is 0.496 e. The molecular formula is C14H11BrClNO2. The number of hydrogen-bond acceptors (Lipinski definition) is 2. The first-order chi connectivity index (χ1) is 9.10. The minimum absolute atomic E-state index is 0.203. The van der Waals surface area contributed by atoms with E-state index in [4.69, 9.17) is 16.3 Å². The molecule has 2 aromatic rings. The number of methoxy groups -OCH3 is 1. The highest BCUT2D eigenvalue weighted by Crippen LogP contribution is 2.26. The number of benzene rings is 2. The highest BCUT2D eigenvalue weighted by atomic mass is 79.9. The van der Waals surface area contributed by atoms with Crippen LogP contribution < -0.4 is 10.1 Å². The molecule has 0 spiro atoms. The van der Waals surface area contributed by atoms with Gasteiger partial charge in [0.1, 0.15) is 5.75 Å². The summed E-state index contributed by atoms with van der Waals surface area (Å²) in [5, 5.41) is 3.36. The van der Waals surface area contributed by atoms with E-state index in [1.54, 1.807) is 49.6 Å². The lowest BCUT2D eigenvalue weighted by molar-refractivity contribution is 0.102. The molecule has 2 rings (SSSR count). The summed E-state index contributed by atoms with van der Waals surface area (Å²) in [6.07, 6.45) is 0. The van der Waals surface area contributed by atoms with Crippen LogP contribution in [-0.2, 0) is 0 Å². The summed E-state index contributed by atoms with van der Waals surface area (Å²) in [6.45, 7) is 0. The molecule has 98 valence electrons. The number of ether oxygens (including phenoxy) is 1. The zero-order chi connectivity index (χ0) is 13.8. The van der Waals surface area contributed by atoms with Crippen LogP contribution in [0.5, 0.6) is 5.75 Å². The van der Waals surface area contributed by atoms with Crippen molar-refractivity contribution in [2.24, 2.45) is 0 Å². The molecule has 0 aliphatic rings. The Morgan fingerprint density at radius 3 is 2.68 bits per heavy atom. The van der Waals surface area contributed by atoms with Gasteiger partial charge in [0, 0.05) is 16.3 Å². The summed E-state index contributed by atoms with van der Waals surface area (Å²) in [6, 6.07) is 12.1. The average molecular weight is 341 g/mol. The van der Waals surface area contributed by atoms with Gasteiger partial charge in [-0.2, -0.15) is 0 Å². The van der Waals surface area contributed by atoms with Crippen LogP contribution in [0.3, 0.4) is 0 Å². The molecule has 0 heterocycles. The molecule has 3 nitrogen and oxygen atoms in total. The molecule has 2 aromatic carbocycles. The number of carbonyl (C=O) groups is 1. The Morgan fingerprint density at radius 2 is 2.05 bits per heavy atom. The third-order valence-electron chi connectivity index (χ3n) is 2.50. The van der Waals surface area contributed by atoms with Gasteiger partial charge in [-0.25, -0.2) is 0 Å². The van der Waals surface area contributed by atoms with Crippen molar-refractivity contribution in [3.05, 3.63) is 57.5 Å². The molecule has 0 aliphatic heterocycles. The van der Waals surface area contributed by atoms with Gasteiger partial charge in [-0.3, -0.25) is 4.79 Å². The predicted octanol–water partition coefficient (Wildman–Crippen LogP) is 4.36. The van der Waals surface area contributed by atoms with Gasteiger partial charge < -0.3 is 10.1 Å². The van der Waals surface area contributed by atoms with Crippen LogP contribution in [0, 0.1) is 0 Å². The van der Waals surface area contributed by atoms with Crippen molar-refractivity contribution in [2.75, 3.05) is 12.4 Å². The second-order valence-corrected chi connectivity index (χ2v) is 5.10. The van der Waals surface area contributed by atoms with Gasteiger partial charge in [0.2, 0.25) is 0 Å². The highest BCUT2D eigenvalue weighted by molar-refractivity contribution is 9.10. The molecule has 0 saturated heterocycles. The van der Waals surface area contributed by atoms with E-state index in [-0.39, 0.29) is 5.91 Å². The van der Waals surface area contributed by atoms with E-state index in [1.807, 2.05) is 0 Å². The Morgan fingerprint density at radius 1 is 1.26 bits per heavy atom. The number of anilines is 1. The summed E-state index contributed by atoms with van der Waals surface area (Å²) < 4.78 is 5.85. The Hall–Kier alpha value is -1.52. The summed E-state index contributed by atoms with van der Waals surface area (Å²) in [5.41, 5.74) is 1.19. The molecule has 0 saturated carbocycles. The molecule has 0 bridgehead atoms. The number of amides is 1. The van der Waals surface area contributed by atoms with Crippen molar-refractivity contribution in [1.82, 2.24) is 0 Å². The van der Waals surface area contributed by atoms with Crippen molar-refractivity contribution >= 4 is 39.1 Å². The van der Waals surface area contributed by atoms with Gasteiger partial charge in [-0.05, 0) is 52.3 Å². The van der Waals surface area contributed by atoms with Gasteiger partial charge >= 0.3 is 0 Å². The first-order valence-corrected chi connectivity index (χ1v) is 6.67. The molecule has 0 aliphatic carbocycles. The molecule has 0 unspecified atom stereocenters. The van der Waals surface area contributed by atoms with Crippen LogP contribution in [0.25, 0.3) is 0 Å². The Kier molecular flexibility index (Phi) is 4.45. The number of hydrogen-bond donors (Lipinski definition) is 1. The summed E-state index contributed by atoms with van der Waals surface area (Å²) >= 11 is 9.21. The monoisotopic (exact) mass is 339 g/mol. The van der Waals surface area contributed by atoms with Crippen molar-refractivity contribution in [2.45, 2.75) is 0 Å². The standard InChI is InChI=1S/C14H11BrClNO2/c1-19-13-6-5-9(7-12(13)15)14(18)17-11-4-2-3-10(16)8-11/h2-8H,1H3,(H,17,18). The lowest BCUT2D eigenvalue weighted by atomic mass is 10.2. The SMILES string of the molecule is COc1ccc(C(=O)Nc2cccc(Cl)c2)cc1Br. The van der Waals surface area contributed by atoms with E-state index in [0.29, 0.717) is 22.0 Å². The molecule has 1 amide bonds. The van der Waals surface area contributed by atoms with E-state index in [0.717, 1.165) is 4.47 Å². The fourth-order valence-corrected chi connectivity index (χ4v) is 2.31. The van der Waals surface area contributed by atoms with Crippen LogP contribution in [-0.4, -0.2) is 13.0 Å². The van der Waals surface area contributed by atoms with E-state index >= 15 is 0 Å². The Balaban J connectivity index is 2.18. The summed E-state index contributed by atoms with van der Waals surface area (Å²) in [5.74, 6) is 0.477. The van der Waals surface area contributed by atoms with Crippen molar-refractivity contribution in [3.63, 3.8) is 0 Å². The summed E-state index contributed by atoms with van der Waals surface area (Å²) in [7, 11) is 1.58. The fraction of sp³-hybridized carbons (Fsp3) is 0.0714. The maximum atomic E-state index is 12.1. The number of rotatable bonds is 3. The number of halogens is 2. The van der Waals surface area contributed by atoms with Gasteiger partial charge in [0.05, 0.1) is 11.6 Å². The van der Waals surface area contributed by atoms with Crippen LogP contribution in [0.2, 0.25) is 5.02 Å². The lowest BCUT2D eigenvalue weighted by Crippen LogP contribution is -2.11. The maximum Gasteiger partial charge on any atom is 0.255 e. The van der Waals surface area contributed by atoms with Crippen LogP contribution in [0.4, 0.5) is 5.69 Å². The second-order valence-electron chi connectivity index (χ2n) is 3.81. The first-order valence-electron chi connectivity index (χ1n) is 5.50. The van der Waals surface area contributed by atoms with E-state index in [1.165, 1.54) is 0 Å². The van der Waals surface area contributed by atoms with Crippen LogP contribution in [0.1, 0.15) is 10.4 Å². The van der Waals surface area contributed by atoms with Crippen molar-refractivity contribution in [1.29, 1.82) is 0 Å². The normalized spacial score (nSPS) is 10.1. The molecular weight excluding hydrogens is 330 g/mol. The zero-order valence-electron chi connectivity index (χ0n) is 10.1. The molecule has 19 heavy (non-hydrogen) atoms. The van der Waals surface area contributed by atoms with Gasteiger partial charge in [-0.15, -0.1) is 0 Å². The topological polar surface area (TPSA) is 38.3 Å². The van der Waals surface area contributed by atoms with E-state index < -0.39 is 0 Å². The number of nitrogens with one attached hydrogen (secondary N) is 1. The van der Waals surface area contributed by atoms with E-state index in [2.05, 4.69) is 21.2 Å². The molecule has 0 atom stereocenters. The Labute approximate surface area is 124 Å². The molecule has 0 fully saturated rings. The fourth-order valence-electron chi connectivity index (χ4n) is 1.58. The molecule has 0 radical (unpaired) electrons. The molecule has 1 N–H and O–H groups in total. The zero-order valence-corrected chi connectivity index (χ0v) is 12.5. The van der Waals surface area contributed by atoms with Crippen LogP contribution >= 0.6 is 27.5 Å². The lowest BCUT2D eigenvalue weighted by Gasteiger charge is -2.08. The second kappa shape index (κ2) is 6.08. The van der Waals surface area contributed by atoms with E-state index in [9.17, 15) is 4.79 Å². The van der Waals surface area contributed by atoms with Crippen LogP contribution in [0.15, 0.2) is 46.9 Å². The first kappa shape index (κ1) is 13.9. The molecule has 0 aromatic heterocycles. The third kappa shape index (κ3) is 3.49. The quantitative estimate of drug-likeness (QED) is 0.901. The predicted molar refractivity (Wildman–Crippen MR) is 80.1 cm³/mol.